The highest BCUT2D eigenvalue weighted by Crippen LogP contribution is 2.36. The molecule has 1 N–H and O–H groups in total. The van der Waals surface area contributed by atoms with Crippen LogP contribution in [0.3, 0.4) is 0 Å². The molecule has 0 spiro atoms. The third-order valence-electron chi connectivity index (χ3n) is 5.10. The van der Waals surface area contributed by atoms with Gasteiger partial charge in [0.15, 0.2) is 15.7 Å². The Kier molecular flexibility index (Phi) is 4.58. The maximum absolute atomic E-state index is 12.4. The van der Waals surface area contributed by atoms with Crippen molar-refractivity contribution in [2.45, 2.75) is 31.3 Å². The molecule has 4 rings (SSSR count). The van der Waals surface area contributed by atoms with Crippen molar-refractivity contribution in [3.05, 3.63) is 24.3 Å². The minimum absolute atomic E-state index is 0.0501. The van der Waals surface area contributed by atoms with E-state index in [-0.39, 0.29) is 30.0 Å². The van der Waals surface area contributed by atoms with Crippen molar-refractivity contribution in [2.75, 3.05) is 30.4 Å². The molecule has 9 nitrogen and oxygen atoms in total. The van der Waals surface area contributed by atoms with Gasteiger partial charge in [0.25, 0.3) is 0 Å². The number of aromatic nitrogens is 4. The van der Waals surface area contributed by atoms with Crippen molar-refractivity contribution in [3.8, 4) is 11.4 Å². The van der Waals surface area contributed by atoms with E-state index < -0.39 is 9.84 Å². The van der Waals surface area contributed by atoms with Crippen molar-refractivity contribution in [2.24, 2.45) is 0 Å². The molecule has 2 aromatic rings. The zero-order chi connectivity index (χ0) is 19.0. The Morgan fingerprint density at radius 1 is 1.33 bits per heavy atom. The molecule has 10 heteroatoms. The summed E-state index contributed by atoms with van der Waals surface area (Å²) < 4.78 is 25.1. The zero-order valence-corrected chi connectivity index (χ0v) is 15.9. The number of benzene rings is 1. The normalized spacial score (nSPS) is 21.1. The van der Waals surface area contributed by atoms with Crippen molar-refractivity contribution < 1.29 is 13.2 Å². The number of tetrazole rings is 1. The second kappa shape index (κ2) is 6.91. The molecule has 1 aromatic heterocycles. The van der Waals surface area contributed by atoms with E-state index in [4.69, 9.17) is 0 Å². The van der Waals surface area contributed by atoms with Gasteiger partial charge >= 0.3 is 0 Å². The van der Waals surface area contributed by atoms with Gasteiger partial charge in [-0.25, -0.2) is 13.1 Å². The van der Waals surface area contributed by atoms with Crippen LogP contribution in [0, 0.1) is 0 Å². The Morgan fingerprint density at radius 2 is 2.15 bits per heavy atom. The van der Waals surface area contributed by atoms with Crippen LogP contribution in [-0.2, 0) is 14.6 Å². The predicted octanol–water partition coefficient (Wildman–Crippen LogP) is 0.732. The Morgan fingerprint density at radius 3 is 2.85 bits per heavy atom. The van der Waals surface area contributed by atoms with Crippen LogP contribution < -0.4 is 5.32 Å². The number of amides is 1. The second-order valence-corrected chi connectivity index (χ2v) is 9.40. The Hall–Kier alpha value is -2.49. The summed E-state index contributed by atoms with van der Waals surface area (Å²) in [4.78, 5) is 13.9. The minimum Gasteiger partial charge on any atom is -0.376 e. The maximum atomic E-state index is 12.4. The molecule has 27 heavy (non-hydrogen) atoms. The number of sulfone groups is 1. The van der Waals surface area contributed by atoms with E-state index in [2.05, 4.69) is 20.8 Å². The fourth-order valence-electron chi connectivity index (χ4n) is 3.30. The largest absolute Gasteiger partial charge is 0.376 e. The maximum Gasteiger partial charge on any atom is 0.241 e. The number of likely N-dealkylation sites (N-methyl/N-ethyl adjacent to an activating group) is 1. The molecule has 1 atom stereocenters. The van der Waals surface area contributed by atoms with Crippen LogP contribution in [0.5, 0.6) is 0 Å². The fraction of sp³-hybridized carbons (Fsp3) is 0.529. The molecule has 2 fully saturated rings. The van der Waals surface area contributed by atoms with Crippen molar-refractivity contribution in [3.63, 3.8) is 0 Å². The number of nitrogens with zero attached hydrogens (tertiary/aromatic N) is 5. The number of anilines is 1. The lowest BCUT2D eigenvalue weighted by Gasteiger charge is -2.23. The van der Waals surface area contributed by atoms with Gasteiger partial charge in [0.1, 0.15) is 0 Å². The summed E-state index contributed by atoms with van der Waals surface area (Å²) in [5.41, 5.74) is 1.68. The van der Waals surface area contributed by atoms with Gasteiger partial charge in [-0.2, -0.15) is 0 Å². The van der Waals surface area contributed by atoms with Gasteiger partial charge in [0, 0.05) is 24.3 Å². The van der Waals surface area contributed by atoms with Crippen molar-refractivity contribution in [1.29, 1.82) is 0 Å². The van der Waals surface area contributed by atoms with Gasteiger partial charge in [0.2, 0.25) is 5.91 Å². The molecule has 1 saturated heterocycles. The first-order valence-electron chi connectivity index (χ1n) is 9.01. The molecule has 2 heterocycles. The van der Waals surface area contributed by atoms with Gasteiger partial charge in [0.05, 0.1) is 24.1 Å². The lowest BCUT2D eigenvalue weighted by atomic mass is 10.2. The number of carbonyl (C=O) groups is 1. The number of carbonyl (C=O) groups excluding carboxylic acids is 1. The quantitative estimate of drug-likeness (QED) is 0.774. The van der Waals surface area contributed by atoms with Crippen LogP contribution in [0.1, 0.15) is 25.3 Å². The van der Waals surface area contributed by atoms with Crippen molar-refractivity contribution >= 4 is 21.4 Å². The van der Waals surface area contributed by atoms with Gasteiger partial charge < -0.3 is 10.2 Å². The van der Waals surface area contributed by atoms with Crippen LogP contribution in [-0.4, -0.2) is 70.6 Å². The third-order valence-corrected chi connectivity index (χ3v) is 6.85. The standard InChI is InChI=1S/C17H22N6O3S/c1-22(15-7-8-27(25,26)11-15)16(24)10-18-13-4-2-3-12(9-13)17-19-20-21-23(17)14-5-6-14/h2-4,9,14-15,18H,5-8,10-11H2,1H3/t15-/m1/s1. The molecule has 1 aliphatic heterocycles. The van der Waals surface area contributed by atoms with E-state index in [1.54, 1.807) is 7.05 Å². The topological polar surface area (TPSA) is 110 Å². The molecule has 1 aromatic carbocycles. The van der Waals surface area contributed by atoms with Gasteiger partial charge in [-0.1, -0.05) is 12.1 Å². The molecule has 0 bridgehead atoms. The smallest absolute Gasteiger partial charge is 0.241 e. The number of hydrogen-bond donors (Lipinski definition) is 1. The lowest BCUT2D eigenvalue weighted by molar-refractivity contribution is -0.129. The van der Waals surface area contributed by atoms with Crippen LogP contribution in [0.4, 0.5) is 5.69 Å². The van der Waals surface area contributed by atoms with Crippen LogP contribution in [0.25, 0.3) is 11.4 Å². The molecule has 1 aliphatic carbocycles. The fourth-order valence-corrected chi connectivity index (χ4v) is 5.08. The van der Waals surface area contributed by atoms with Gasteiger partial charge in [-0.05, 0) is 41.8 Å². The first-order chi connectivity index (χ1) is 12.9. The summed E-state index contributed by atoms with van der Waals surface area (Å²) in [5, 5.41) is 15.1. The van der Waals surface area contributed by atoms with E-state index in [9.17, 15) is 13.2 Å². The molecule has 2 aliphatic rings. The highest BCUT2D eigenvalue weighted by molar-refractivity contribution is 7.91. The monoisotopic (exact) mass is 390 g/mol. The highest BCUT2D eigenvalue weighted by Gasteiger charge is 2.32. The van der Waals surface area contributed by atoms with Crippen LogP contribution in [0.15, 0.2) is 24.3 Å². The van der Waals surface area contributed by atoms with E-state index in [0.717, 1.165) is 29.9 Å². The van der Waals surface area contributed by atoms with Crippen LogP contribution in [0.2, 0.25) is 0 Å². The molecular weight excluding hydrogens is 368 g/mol. The molecule has 144 valence electrons. The van der Waals surface area contributed by atoms with E-state index in [1.807, 2.05) is 28.9 Å². The molecule has 0 radical (unpaired) electrons. The van der Waals surface area contributed by atoms with E-state index in [1.165, 1.54) is 4.90 Å². The number of nitrogens with one attached hydrogen (secondary N) is 1. The molecule has 0 unspecified atom stereocenters. The predicted molar refractivity (Wildman–Crippen MR) is 99.8 cm³/mol. The lowest BCUT2D eigenvalue weighted by Crippen LogP contribution is -2.40. The average molecular weight is 390 g/mol. The zero-order valence-electron chi connectivity index (χ0n) is 15.1. The highest BCUT2D eigenvalue weighted by atomic mass is 32.2. The van der Waals surface area contributed by atoms with E-state index >= 15 is 0 Å². The molecule has 1 amide bonds. The first kappa shape index (κ1) is 17.9. The Labute approximate surface area is 157 Å². The Balaban J connectivity index is 1.40. The van der Waals surface area contributed by atoms with Crippen LogP contribution >= 0.6 is 0 Å². The van der Waals surface area contributed by atoms with Gasteiger partial charge in [-0.3, -0.25) is 4.79 Å². The number of rotatable bonds is 6. The Bertz CT molecular complexity index is 953. The minimum atomic E-state index is -3.01. The van der Waals surface area contributed by atoms with Crippen molar-refractivity contribution in [1.82, 2.24) is 25.1 Å². The SMILES string of the molecule is CN(C(=O)CNc1cccc(-c2nnnn2C2CC2)c1)[C@@H]1CCS(=O)(=O)C1. The summed E-state index contributed by atoms with van der Waals surface area (Å²) in [6.45, 7) is 0.101. The van der Waals surface area contributed by atoms with Gasteiger partial charge in [-0.15, -0.1) is 5.10 Å². The van der Waals surface area contributed by atoms with E-state index in [0.29, 0.717) is 12.5 Å². The average Bonchev–Trinajstić information content (AvgIpc) is 3.26. The summed E-state index contributed by atoms with van der Waals surface area (Å²) in [6, 6.07) is 7.76. The second-order valence-electron chi connectivity index (χ2n) is 7.17. The molecule has 1 saturated carbocycles. The summed E-state index contributed by atoms with van der Waals surface area (Å²) in [5.74, 6) is 0.792. The third kappa shape index (κ3) is 3.95. The summed E-state index contributed by atoms with van der Waals surface area (Å²) in [6.07, 6.45) is 2.69. The molecular formula is C17H22N6O3S. The summed E-state index contributed by atoms with van der Waals surface area (Å²) in [7, 11) is -1.35. The first-order valence-corrected chi connectivity index (χ1v) is 10.8. The summed E-state index contributed by atoms with van der Waals surface area (Å²) >= 11 is 0. The number of hydrogen-bond acceptors (Lipinski definition) is 7.